The van der Waals surface area contributed by atoms with Gasteiger partial charge in [-0.25, -0.2) is 0 Å². The van der Waals surface area contributed by atoms with Gasteiger partial charge >= 0.3 is 5.97 Å². The van der Waals surface area contributed by atoms with E-state index in [2.05, 4.69) is 5.32 Å². The number of benzene rings is 3. The van der Waals surface area contributed by atoms with E-state index in [1.54, 1.807) is 30.1 Å². The summed E-state index contributed by atoms with van der Waals surface area (Å²) in [6.07, 6.45) is 5.97. The Morgan fingerprint density at radius 1 is 0.940 bits per heavy atom. The largest absolute Gasteiger partial charge is 0.455 e. The Hall–Kier alpha value is -4.80. The topological polar surface area (TPSA) is 125 Å². The number of cyclic esters (lactones) is 1. The van der Waals surface area contributed by atoms with Crippen molar-refractivity contribution in [3.8, 4) is 0 Å². The molecule has 10 heteroatoms. The lowest BCUT2D eigenvalue weighted by molar-refractivity contribution is -0.162. The number of aliphatic hydroxyl groups excluding tert-OH is 1. The van der Waals surface area contributed by atoms with E-state index in [0.29, 0.717) is 17.7 Å². The number of nitrogens with one attached hydrogen (secondary N) is 1. The molecule has 50 heavy (non-hydrogen) atoms. The van der Waals surface area contributed by atoms with E-state index in [-0.39, 0.29) is 37.3 Å². The Bertz CT molecular complexity index is 1860. The number of ether oxygens (including phenoxy) is 2. The summed E-state index contributed by atoms with van der Waals surface area (Å²) < 4.78 is 13.1. The fraction of sp³-hybridized carbons (Fsp3) is 0.400. The van der Waals surface area contributed by atoms with Gasteiger partial charge in [0.25, 0.3) is 5.91 Å². The number of hydrogen-bond donors (Lipinski definition) is 2. The lowest BCUT2D eigenvalue weighted by Gasteiger charge is -2.39. The summed E-state index contributed by atoms with van der Waals surface area (Å²) in [5.74, 6) is -4.06. The van der Waals surface area contributed by atoms with Crippen LogP contribution in [0.5, 0.6) is 0 Å². The lowest BCUT2D eigenvalue weighted by atomic mass is 9.77. The number of rotatable bonds is 5. The van der Waals surface area contributed by atoms with Gasteiger partial charge in [0, 0.05) is 18.7 Å². The average molecular weight is 678 g/mol. The Kier molecular flexibility index (Phi) is 9.09. The van der Waals surface area contributed by atoms with Crippen molar-refractivity contribution < 1.29 is 33.8 Å². The molecule has 2 N–H and O–H groups in total. The van der Waals surface area contributed by atoms with Gasteiger partial charge in [-0.1, -0.05) is 98.8 Å². The maximum Gasteiger partial charge on any atom is 0.313 e. The van der Waals surface area contributed by atoms with E-state index in [1.165, 1.54) is 4.90 Å². The molecule has 0 aliphatic carbocycles. The number of amides is 3. The van der Waals surface area contributed by atoms with Gasteiger partial charge in [-0.3, -0.25) is 19.2 Å². The third kappa shape index (κ3) is 5.70. The second-order valence-corrected chi connectivity index (χ2v) is 14.1. The SMILES string of the molecule is CC(C)[C@H](CO)N1C(=O)[C@H]2[C@@H]3C(=O)O[C@@H](c4ccccc4)[C@H](C)NC(=O)CC/C=C\[C@@H]3O[C@]23C=CCN(c2ccc4ccccc4c2)C(=O)[C@H]13. The van der Waals surface area contributed by atoms with Crippen LogP contribution in [0.3, 0.4) is 0 Å². The number of carbonyl (C=O) groups is 4. The van der Waals surface area contributed by atoms with Crippen LogP contribution in [0.15, 0.2) is 97.1 Å². The molecule has 3 aromatic carbocycles. The number of anilines is 1. The Balaban J connectivity index is 1.34. The molecular weight excluding hydrogens is 634 g/mol. The van der Waals surface area contributed by atoms with E-state index >= 15 is 0 Å². The smallest absolute Gasteiger partial charge is 0.313 e. The minimum atomic E-state index is -1.52. The van der Waals surface area contributed by atoms with Crippen LogP contribution in [0.1, 0.15) is 45.3 Å². The van der Waals surface area contributed by atoms with Crippen molar-refractivity contribution in [3.63, 3.8) is 0 Å². The van der Waals surface area contributed by atoms with Gasteiger partial charge in [0.05, 0.1) is 30.7 Å². The molecule has 0 radical (unpaired) electrons. The minimum absolute atomic E-state index is 0.181. The predicted octanol–water partition coefficient (Wildman–Crippen LogP) is 4.48. The molecule has 2 saturated heterocycles. The highest BCUT2D eigenvalue weighted by Gasteiger charge is 2.72. The molecule has 4 aliphatic heterocycles. The number of allylic oxidation sites excluding steroid dienone is 1. The zero-order valence-electron chi connectivity index (χ0n) is 28.5. The van der Waals surface area contributed by atoms with Gasteiger partial charge in [-0.05, 0) is 47.7 Å². The second-order valence-electron chi connectivity index (χ2n) is 14.1. The number of carbonyl (C=O) groups excluding carboxylic acids is 4. The molecule has 4 aliphatic rings. The van der Waals surface area contributed by atoms with Crippen molar-refractivity contribution in [1.82, 2.24) is 10.2 Å². The maximum absolute atomic E-state index is 15.0. The summed E-state index contributed by atoms with van der Waals surface area (Å²) in [6.45, 7) is 5.42. The molecule has 3 amide bonds. The Labute approximate surface area is 291 Å². The zero-order chi connectivity index (χ0) is 35.2. The van der Waals surface area contributed by atoms with E-state index < -0.39 is 59.6 Å². The van der Waals surface area contributed by atoms with Gasteiger partial charge in [-0.2, -0.15) is 0 Å². The van der Waals surface area contributed by atoms with Crippen LogP contribution in [-0.2, 0) is 28.7 Å². The molecule has 7 rings (SSSR count). The van der Waals surface area contributed by atoms with Crippen LogP contribution in [0.4, 0.5) is 5.69 Å². The van der Waals surface area contributed by atoms with Crippen LogP contribution in [0.25, 0.3) is 10.8 Å². The minimum Gasteiger partial charge on any atom is -0.455 e. The number of aliphatic hydroxyl groups is 1. The third-order valence-electron chi connectivity index (χ3n) is 10.6. The first kappa shape index (κ1) is 33.7. The number of nitrogens with zero attached hydrogens (tertiary/aromatic N) is 2. The molecule has 0 aromatic heterocycles. The van der Waals surface area contributed by atoms with Gasteiger partial charge in [-0.15, -0.1) is 0 Å². The highest BCUT2D eigenvalue weighted by atomic mass is 16.6. The van der Waals surface area contributed by atoms with E-state index in [1.807, 2.05) is 92.7 Å². The van der Waals surface area contributed by atoms with Gasteiger partial charge < -0.3 is 29.7 Å². The van der Waals surface area contributed by atoms with Crippen LogP contribution in [0.2, 0.25) is 0 Å². The van der Waals surface area contributed by atoms with Crippen molar-refractivity contribution in [1.29, 1.82) is 0 Å². The van der Waals surface area contributed by atoms with Crippen molar-refractivity contribution in [2.45, 2.75) is 69.5 Å². The molecule has 4 heterocycles. The summed E-state index contributed by atoms with van der Waals surface area (Å²) >= 11 is 0. The summed E-state index contributed by atoms with van der Waals surface area (Å²) in [6, 6.07) is 20.4. The quantitative estimate of drug-likeness (QED) is 0.302. The van der Waals surface area contributed by atoms with Gasteiger partial charge in [0.15, 0.2) is 0 Å². The molecule has 1 spiro atoms. The third-order valence-corrected chi connectivity index (χ3v) is 10.6. The van der Waals surface area contributed by atoms with E-state index in [4.69, 9.17) is 9.47 Å². The molecule has 8 atom stereocenters. The Morgan fingerprint density at radius 3 is 2.42 bits per heavy atom. The first-order valence-corrected chi connectivity index (χ1v) is 17.4. The fourth-order valence-electron chi connectivity index (χ4n) is 8.20. The lowest BCUT2D eigenvalue weighted by Crippen LogP contribution is -2.59. The second kappa shape index (κ2) is 13.5. The molecule has 10 nitrogen and oxygen atoms in total. The van der Waals surface area contributed by atoms with Crippen molar-refractivity contribution in [3.05, 3.63) is 103 Å². The average Bonchev–Trinajstić information content (AvgIpc) is 3.49. The van der Waals surface area contributed by atoms with E-state index in [9.17, 15) is 24.3 Å². The normalized spacial score (nSPS) is 31.2. The van der Waals surface area contributed by atoms with Crippen LogP contribution >= 0.6 is 0 Å². The Morgan fingerprint density at radius 2 is 1.68 bits per heavy atom. The summed E-state index contributed by atoms with van der Waals surface area (Å²) in [4.78, 5) is 60.4. The van der Waals surface area contributed by atoms with Crippen LogP contribution in [0, 0.1) is 17.8 Å². The number of likely N-dealkylation sites (tertiary alicyclic amines) is 1. The molecule has 2 fully saturated rings. The summed E-state index contributed by atoms with van der Waals surface area (Å²) in [5.41, 5.74) is -0.167. The fourth-order valence-corrected chi connectivity index (χ4v) is 8.20. The number of fused-ring (bicyclic) bond motifs is 3. The molecule has 0 unspecified atom stereocenters. The van der Waals surface area contributed by atoms with E-state index in [0.717, 1.165) is 10.8 Å². The summed E-state index contributed by atoms with van der Waals surface area (Å²) in [5, 5.41) is 15.6. The molecule has 260 valence electrons. The number of esters is 1. The van der Waals surface area contributed by atoms with Crippen molar-refractivity contribution in [2.75, 3.05) is 18.1 Å². The first-order valence-electron chi connectivity index (χ1n) is 17.4. The monoisotopic (exact) mass is 677 g/mol. The predicted molar refractivity (Wildman–Crippen MR) is 188 cm³/mol. The maximum atomic E-state index is 15.0. The highest BCUT2D eigenvalue weighted by molar-refractivity contribution is 6.06. The molecule has 3 aromatic rings. The van der Waals surface area contributed by atoms with Gasteiger partial charge in [0.1, 0.15) is 23.7 Å². The molecular formula is C40H43N3O7. The molecule has 0 saturated carbocycles. The highest BCUT2D eigenvalue weighted by Crippen LogP contribution is 2.54. The first-order chi connectivity index (χ1) is 24.1. The van der Waals surface area contributed by atoms with Gasteiger partial charge in [0.2, 0.25) is 11.8 Å². The number of hydrogen-bond acceptors (Lipinski definition) is 7. The van der Waals surface area contributed by atoms with Crippen molar-refractivity contribution in [2.24, 2.45) is 17.8 Å². The van der Waals surface area contributed by atoms with Crippen molar-refractivity contribution >= 4 is 40.2 Å². The molecule has 0 bridgehead atoms. The standard InChI is InChI=1S/C40H43N3O7/c1-24(2)30(23-44)43-36-38(47)42(29-19-18-26-12-7-8-15-28(26)22-29)21-11-20-40(36)34(37(43)46)33-31(50-40)16-9-10-17-32(45)41-25(3)35(49-39(33)48)27-13-5-4-6-14-27/h4-9,11-16,18-20,22,24-25,30-31,33-36,44H,10,17,21,23H2,1-3H3,(H,41,45)/b16-9-/t25-,30-,31-,33+,34+,35+,36-,40+/m0/s1. The van der Waals surface area contributed by atoms with Crippen LogP contribution < -0.4 is 10.2 Å². The zero-order valence-corrected chi connectivity index (χ0v) is 28.5. The summed E-state index contributed by atoms with van der Waals surface area (Å²) in [7, 11) is 0. The van der Waals surface area contributed by atoms with Crippen LogP contribution in [-0.4, -0.2) is 76.7 Å².